The van der Waals surface area contributed by atoms with Crippen LogP contribution in [0.15, 0.2) is 22.2 Å². The minimum atomic E-state index is -1.36. The lowest BCUT2D eigenvalue weighted by Crippen LogP contribution is -2.28. The van der Waals surface area contributed by atoms with Gasteiger partial charge in [0.25, 0.3) is 5.56 Å². The van der Waals surface area contributed by atoms with Crippen LogP contribution in [0, 0.1) is 0 Å². The fraction of sp³-hybridized carbons (Fsp3) is 0.429. The second-order valence-electron chi connectivity index (χ2n) is 5.49. The van der Waals surface area contributed by atoms with Crippen molar-refractivity contribution in [2.45, 2.75) is 36.9 Å². The van der Waals surface area contributed by atoms with Crippen molar-refractivity contribution in [3.63, 3.8) is 0 Å². The van der Waals surface area contributed by atoms with Crippen molar-refractivity contribution in [3.8, 4) is 0 Å². The zero-order valence-electron chi connectivity index (χ0n) is 12.5. The summed E-state index contributed by atoms with van der Waals surface area (Å²) < 4.78 is 13.1. The van der Waals surface area contributed by atoms with Gasteiger partial charge in [-0.05, 0) is 18.9 Å². The van der Waals surface area contributed by atoms with E-state index in [1.54, 1.807) is 0 Å². The molecular formula is C14H16N4O4S. The summed E-state index contributed by atoms with van der Waals surface area (Å²) in [4.78, 5) is 31.9. The highest BCUT2D eigenvalue weighted by Gasteiger charge is 2.23. The third-order valence-electron chi connectivity index (χ3n) is 3.94. The second kappa shape index (κ2) is 6.07. The van der Waals surface area contributed by atoms with E-state index in [2.05, 4.69) is 15.3 Å². The number of nitrogens with zero attached hydrogens (tertiary/aromatic N) is 3. The lowest BCUT2D eigenvalue weighted by Gasteiger charge is -2.17. The van der Waals surface area contributed by atoms with Gasteiger partial charge in [-0.25, -0.2) is 14.8 Å². The SMILES string of the molecule is CS(=O)c1ncc2cc(NC(=O)O)c(=O)n(C3CCCC3)c2n1. The van der Waals surface area contributed by atoms with Crippen LogP contribution in [0.1, 0.15) is 31.7 Å². The van der Waals surface area contributed by atoms with E-state index in [1.807, 2.05) is 0 Å². The van der Waals surface area contributed by atoms with Crippen LogP contribution in [0.4, 0.5) is 10.5 Å². The van der Waals surface area contributed by atoms with Gasteiger partial charge in [-0.2, -0.15) is 0 Å². The van der Waals surface area contributed by atoms with Gasteiger partial charge in [0.15, 0.2) is 0 Å². The fourth-order valence-corrected chi connectivity index (χ4v) is 3.37. The number of fused-ring (bicyclic) bond motifs is 1. The molecule has 0 saturated heterocycles. The maximum atomic E-state index is 12.7. The highest BCUT2D eigenvalue weighted by Crippen LogP contribution is 2.31. The van der Waals surface area contributed by atoms with Gasteiger partial charge in [0, 0.05) is 23.9 Å². The van der Waals surface area contributed by atoms with Crippen molar-refractivity contribution in [1.82, 2.24) is 14.5 Å². The summed E-state index contributed by atoms with van der Waals surface area (Å²) in [7, 11) is -1.36. The third-order valence-corrected chi connectivity index (χ3v) is 4.65. The molecule has 9 heteroatoms. The van der Waals surface area contributed by atoms with Crippen molar-refractivity contribution in [3.05, 3.63) is 22.6 Å². The first-order chi connectivity index (χ1) is 11.0. The molecule has 2 heterocycles. The van der Waals surface area contributed by atoms with Crippen LogP contribution in [0.25, 0.3) is 11.0 Å². The van der Waals surface area contributed by atoms with Gasteiger partial charge in [-0.1, -0.05) is 12.8 Å². The van der Waals surface area contributed by atoms with Crippen molar-refractivity contribution in [2.24, 2.45) is 0 Å². The first-order valence-corrected chi connectivity index (χ1v) is 8.79. The predicted molar refractivity (Wildman–Crippen MR) is 85.3 cm³/mol. The molecular weight excluding hydrogens is 320 g/mol. The average Bonchev–Trinajstić information content (AvgIpc) is 3.01. The van der Waals surface area contributed by atoms with Gasteiger partial charge < -0.3 is 5.11 Å². The highest BCUT2D eigenvalue weighted by molar-refractivity contribution is 7.84. The summed E-state index contributed by atoms with van der Waals surface area (Å²) in [6.45, 7) is 0. The molecule has 2 N–H and O–H groups in total. The summed E-state index contributed by atoms with van der Waals surface area (Å²) in [6.07, 6.45) is 5.32. The molecule has 2 aromatic rings. The van der Waals surface area contributed by atoms with Crippen LogP contribution in [-0.4, -0.2) is 36.2 Å². The Kier molecular flexibility index (Phi) is 4.12. The van der Waals surface area contributed by atoms with Crippen LogP contribution in [0.3, 0.4) is 0 Å². The summed E-state index contributed by atoms with van der Waals surface area (Å²) in [6, 6.07) is 1.38. The quantitative estimate of drug-likeness (QED) is 0.825. The van der Waals surface area contributed by atoms with E-state index in [-0.39, 0.29) is 16.9 Å². The number of hydrogen-bond donors (Lipinski definition) is 2. The van der Waals surface area contributed by atoms with E-state index >= 15 is 0 Å². The number of carboxylic acid groups (broad SMARTS) is 1. The van der Waals surface area contributed by atoms with E-state index in [0.717, 1.165) is 25.7 Å². The number of pyridine rings is 1. The van der Waals surface area contributed by atoms with Gasteiger partial charge in [-0.15, -0.1) is 0 Å². The van der Waals surface area contributed by atoms with Crippen molar-refractivity contribution < 1.29 is 14.1 Å². The van der Waals surface area contributed by atoms with Crippen LogP contribution >= 0.6 is 0 Å². The molecule has 23 heavy (non-hydrogen) atoms. The van der Waals surface area contributed by atoms with E-state index in [9.17, 15) is 13.8 Å². The molecule has 0 spiro atoms. The molecule has 0 radical (unpaired) electrons. The van der Waals surface area contributed by atoms with Crippen molar-refractivity contribution in [2.75, 3.05) is 11.6 Å². The predicted octanol–water partition coefficient (Wildman–Crippen LogP) is 1.73. The third kappa shape index (κ3) is 2.96. The molecule has 0 aromatic carbocycles. The number of amides is 1. The lowest BCUT2D eigenvalue weighted by molar-refractivity contribution is 0.209. The van der Waals surface area contributed by atoms with Crippen LogP contribution in [0.2, 0.25) is 0 Å². The van der Waals surface area contributed by atoms with Gasteiger partial charge in [0.05, 0.1) is 10.8 Å². The Morgan fingerprint density at radius 2 is 2.13 bits per heavy atom. The van der Waals surface area contributed by atoms with E-state index in [0.29, 0.717) is 11.0 Å². The van der Waals surface area contributed by atoms with Crippen LogP contribution in [-0.2, 0) is 10.8 Å². The Balaban J connectivity index is 2.29. The summed E-state index contributed by atoms with van der Waals surface area (Å²) in [5.74, 6) is 0. The molecule has 1 aliphatic carbocycles. The topological polar surface area (TPSA) is 114 Å². The maximum Gasteiger partial charge on any atom is 0.409 e. The standard InChI is InChI=1S/C14H16N4O4S/c1-23(22)13-15-7-8-6-10(16-14(20)21)12(19)18(11(8)17-13)9-4-2-3-5-9/h6-7,9,16H,2-5H2,1H3,(H,20,21). The maximum absolute atomic E-state index is 12.7. The number of nitrogens with one attached hydrogen (secondary N) is 1. The van der Waals surface area contributed by atoms with Gasteiger partial charge in [0.2, 0.25) is 5.16 Å². The average molecular weight is 336 g/mol. The zero-order valence-corrected chi connectivity index (χ0v) is 13.3. The Bertz CT molecular complexity index is 858. The molecule has 8 nitrogen and oxygen atoms in total. The smallest absolute Gasteiger partial charge is 0.409 e. The molecule has 122 valence electrons. The van der Waals surface area contributed by atoms with Crippen LogP contribution < -0.4 is 10.9 Å². The number of rotatable bonds is 3. The molecule has 1 unspecified atom stereocenters. The molecule has 1 atom stereocenters. The van der Waals surface area contributed by atoms with E-state index < -0.39 is 22.5 Å². The van der Waals surface area contributed by atoms with Crippen molar-refractivity contribution in [1.29, 1.82) is 0 Å². The van der Waals surface area contributed by atoms with Gasteiger partial charge in [-0.3, -0.25) is 18.9 Å². The number of anilines is 1. The van der Waals surface area contributed by atoms with E-state index in [4.69, 9.17) is 5.11 Å². The van der Waals surface area contributed by atoms with E-state index in [1.165, 1.54) is 23.1 Å². The van der Waals surface area contributed by atoms with Gasteiger partial charge >= 0.3 is 6.09 Å². The molecule has 0 bridgehead atoms. The largest absolute Gasteiger partial charge is 0.465 e. The summed E-state index contributed by atoms with van der Waals surface area (Å²) in [5, 5.41) is 11.7. The Morgan fingerprint density at radius 3 is 2.74 bits per heavy atom. The first kappa shape index (κ1) is 15.6. The normalized spacial score (nSPS) is 16.6. The Morgan fingerprint density at radius 1 is 1.43 bits per heavy atom. The molecule has 3 rings (SSSR count). The second-order valence-corrected chi connectivity index (χ2v) is 6.76. The zero-order chi connectivity index (χ0) is 16.6. The monoisotopic (exact) mass is 336 g/mol. The minimum absolute atomic E-state index is 0.0223. The number of carbonyl (C=O) groups is 1. The minimum Gasteiger partial charge on any atom is -0.465 e. The molecule has 1 aliphatic rings. The van der Waals surface area contributed by atoms with Crippen molar-refractivity contribution >= 4 is 33.6 Å². The van der Waals surface area contributed by atoms with Crippen LogP contribution in [0.5, 0.6) is 0 Å². The lowest BCUT2D eigenvalue weighted by atomic mass is 10.2. The molecule has 1 amide bonds. The van der Waals surface area contributed by atoms with Gasteiger partial charge in [0.1, 0.15) is 11.3 Å². The summed E-state index contributed by atoms with van der Waals surface area (Å²) >= 11 is 0. The Labute approximate surface area is 134 Å². The molecule has 0 aliphatic heterocycles. The first-order valence-electron chi connectivity index (χ1n) is 7.23. The molecule has 2 aromatic heterocycles. The number of hydrogen-bond acceptors (Lipinski definition) is 5. The summed E-state index contributed by atoms with van der Waals surface area (Å²) in [5.41, 5.74) is -0.0535. The molecule has 1 fully saturated rings. The Hall–Kier alpha value is -2.29. The molecule has 1 saturated carbocycles. The fourth-order valence-electron chi connectivity index (χ4n) is 2.95. The highest BCUT2D eigenvalue weighted by atomic mass is 32.2. The number of aromatic nitrogens is 3.